The van der Waals surface area contributed by atoms with Crippen LogP contribution in [0.15, 0.2) is 24.3 Å². The van der Waals surface area contributed by atoms with Crippen molar-refractivity contribution >= 4 is 17.8 Å². The topological polar surface area (TPSA) is 108 Å². The molecular weight excluding hydrogens is 276 g/mol. The lowest BCUT2D eigenvalue weighted by Gasteiger charge is -2.12. The van der Waals surface area contributed by atoms with Crippen molar-refractivity contribution < 1.29 is 23.9 Å². The van der Waals surface area contributed by atoms with Crippen LogP contribution in [0.4, 0.5) is 0 Å². The fraction of sp³-hybridized carbons (Fsp3) is 0.357. The Bertz CT molecular complexity index is 530. The van der Waals surface area contributed by atoms with Gasteiger partial charge in [0.2, 0.25) is 0 Å². The molecule has 0 spiro atoms. The number of amides is 2. The maximum atomic E-state index is 12.0. The van der Waals surface area contributed by atoms with Crippen molar-refractivity contribution in [1.82, 2.24) is 5.32 Å². The van der Waals surface area contributed by atoms with Gasteiger partial charge in [0.1, 0.15) is 12.3 Å². The Morgan fingerprint density at radius 2 is 1.95 bits per heavy atom. The number of rotatable bonds is 7. The highest BCUT2D eigenvalue weighted by atomic mass is 16.5. The Labute approximate surface area is 122 Å². The molecule has 1 rings (SSSR count). The summed E-state index contributed by atoms with van der Waals surface area (Å²) in [5.41, 5.74) is 5.28. The molecule has 2 amide bonds. The van der Waals surface area contributed by atoms with Crippen LogP contribution in [0.5, 0.6) is 5.75 Å². The van der Waals surface area contributed by atoms with Gasteiger partial charge in [0, 0.05) is 0 Å². The molecule has 7 nitrogen and oxygen atoms in total. The summed E-state index contributed by atoms with van der Waals surface area (Å²) < 4.78 is 10.0. The molecule has 3 N–H and O–H groups in total. The molecule has 0 aliphatic heterocycles. The van der Waals surface area contributed by atoms with Gasteiger partial charge >= 0.3 is 5.97 Å². The predicted octanol–water partition coefficient (Wildman–Crippen LogP) is 0.232. The minimum atomic E-state index is -1.04. The van der Waals surface area contributed by atoms with E-state index in [0.29, 0.717) is 17.9 Å². The average Bonchev–Trinajstić information content (AvgIpc) is 2.45. The summed E-state index contributed by atoms with van der Waals surface area (Å²) in [6.45, 7) is 3.21. The van der Waals surface area contributed by atoms with E-state index in [9.17, 15) is 14.4 Å². The molecule has 0 unspecified atom stereocenters. The Balaban J connectivity index is 2.58. The molecule has 0 fully saturated rings. The molecule has 114 valence electrons. The zero-order valence-corrected chi connectivity index (χ0v) is 11.9. The largest absolute Gasteiger partial charge is 0.493 e. The van der Waals surface area contributed by atoms with E-state index in [1.165, 1.54) is 6.92 Å². The molecule has 0 aliphatic carbocycles. The molecule has 0 radical (unpaired) electrons. The van der Waals surface area contributed by atoms with Crippen LogP contribution >= 0.6 is 0 Å². The number of ether oxygens (including phenoxy) is 2. The van der Waals surface area contributed by atoms with Crippen LogP contribution < -0.4 is 15.8 Å². The number of esters is 1. The molecular formula is C14H18N2O5. The number of para-hydroxylation sites is 1. The monoisotopic (exact) mass is 294 g/mol. The van der Waals surface area contributed by atoms with Crippen LogP contribution in [0, 0.1) is 0 Å². The summed E-state index contributed by atoms with van der Waals surface area (Å²) in [7, 11) is 0. The maximum absolute atomic E-state index is 12.0. The van der Waals surface area contributed by atoms with E-state index < -0.39 is 23.9 Å². The van der Waals surface area contributed by atoms with E-state index in [0.717, 1.165) is 0 Å². The third kappa shape index (κ3) is 5.13. The normalized spacial score (nSPS) is 11.3. The molecule has 1 aromatic carbocycles. The second-order valence-corrected chi connectivity index (χ2v) is 4.15. The molecule has 0 heterocycles. The summed E-state index contributed by atoms with van der Waals surface area (Å²) in [6, 6.07) is 6.67. The first-order chi connectivity index (χ1) is 9.95. The molecule has 0 aliphatic rings. The van der Waals surface area contributed by atoms with Gasteiger partial charge in [-0.15, -0.1) is 0 Å². The van der Waals surface area contributed by atoms with Crippen molar-refractivity contribution in [2.75, 3.05) is 13.2 Å². The number of benzene rings is 1. The fourth-order valence-electron chi connectivity index (χ4n) is 1.48. The minimum absolute atomic E-state index is 0.315. The zero-order valence-electron chi connectivity index (χ0n) is 11.9. The molecule has 0 bridgehead atoms. The Hall–Kier alpha value is -2.57. The highest BCUT2D eigenvalue weighted by molar-refractivity contribution is 5.98. The Kier molecular flexibility index (Phi) is 6.19. The summed E-state index contributed by atoms with van der Waals surface area (Å²) in [4.78, 5) is 34.2. The highest BCUT2D eigenvalue weighted by Gasteiger charge is 2.17. The van der Waals surface area contributed by atoms with Gasteiger partial charge in [-0.3, -0.25) is 14.4 Å². The minimum Gasteiger partial charge on any atom is -0.493 e. The van der Waals surface area contributed by atoms with E-state index in [4.69, 9.17) is 15.2 Å². The number of nitrogens with two attached hydrogens (primary N) is 1. The number of hydrogen-bond donors (Lipinski definition) is 2. The van der Waals surface area contributed by atoms with E-state index >= 15 is 0 Å². The number of primary amides is 1. The Morgan fingerprint density at radius 3 is 2.57 bits per heavy atom. The molecule has 0 saturated heterocycles. The summed E-state index contributed by atoms with van der Waals surface area (Å²) >= 11 is 0. The van der Waals surface area contributed by atoms with E-state index in [1.807, 2.05) is 0 Å². The fourth-order valence-corrected chi connectivity index (χ4v) is 1.48. The summed E-state index contributed by atoms with van der Waals surface area (Å²) in [5, 5.41) is 2.40. The first-order valence-electron chi connectivity index (χ1n) is 6.44. The van der Waals surface area contributed by atoms with Crippen molar-refractivity contribution in [3.8, 4) is 5.75 Å². The molecule has 1 aromatic rings. The molecule has 0 saturated carbocycles. The van der Waals surface area contributed by atoms with Crippen molar-refractivity contribution in [2.45, 2.75) is 20.0 Å². The van der Waals surface area contributed by atoms with Crippen LogP contribution in [0.25, 0.3) is 0 Å². The number of carbonyl (C=O) groups is 3. The van der Waals surface area contributed by atoms with E-state index in [-0.39, 0.29) is 6.54 Å². The van der Waals surface area contributed by atoms with Crippen LogP contribution in [0.2, 0.25) is 0 Å². The van der Waals surface area contributed by atoms with Crippen LogP contribution in [-0.4, -0.2) is 37.0 Å². The van der Waals surface area contributed by atoms with Gasteiger partial charge in [0.05, 0.1) is 12.2 Å². The van der Waals surface area contributed by atoms with Gasteiger partial charge < -0.3 is 20.5 Å². The van der Waals surface area contributed by atoms with Gasteiger partial charge in [0.25, 0.3) is 11.8 Å². The zero-order chi connectivity index (χ0) is 15.8. The maximum Gasteiger partial charge on any atom is 0.326 e. The highest BCUT2D eigenvalue weighted by Crippen LogP contribution is 2.17. The lowest BCUT2D eigenvalue weighted by atomic mass is 10.2. The van der Waals surface area contributed by atoms with Gasteiger partial charge in [-0.1, -0.05) is 12.1 Å². The standard InChI is InChI=1S/C14H18N2O5/c1-3-20-11-7-5-4-6-10(11)14(19)16-8-12(17)21-9(2)13(15)18/h4-7,9H,3,8H2,1-2H3,(H2,15,18)(H,16,19)/t9-/m0/s1. The van der Waals surface area contributed by atoms with Crippen molar-refractivity contribution in [3.63, 3.8) is 0 Å². The van der Waals surface area contributed by atoms with Crippen LogP contribution in [-0.2, 0) is 14.3 Å². The number of hydrogen-bond acceptors (Lipinski definition) is 5. The predicted molar refractivity (Wildman–Crippen MR) is 74.7 cm³/mol. The van der Waals surface area contributed by atoms with Gasteiger partial charge in [-0.05, 0) is 26.0 Å². The Morgan fingerprint density at radius 1 is 1.29 bits per heavy atom. The number of nitrogens with one attached hydrogen (secondary N) is 1. The van der Waals surface area contributed by atoms with Crippen molar-refractivity contribution in [2.24, 2.45) is 5.73 Å². The average molecular weight is 294 g/mol. The second-order valence-electron chi connectivity index (χ2n) is 4.15. The van der Waals surface area contributed by atoms with Crippen LogP contribution in [0.1, 0.15) is 24.2 Å². The first-order valence-corrected chi connectivity index (χ1v) is 6.44. The van der Waals surface area contributed by atoms with Crippen molar-refractivity contribution in [3.05, 3.63) is 29.8 Å². The third-order valence-electron chi connectivity index (χ3n) is 2.53. The second kappa shape index (κ2) is 7.88. The third-order valence-corrected chi connectivity index (χ3v) is 2.53. The van der Waals surface area contributed by atoms with Gasteiger partial charge in [0.15, 0.2) is 6.10 Å². The lowest BCUT2D eigenvalue weighted by Crippen LogP contribution is -2.36. The quantitative estimate of drug-likeness (QED) is 0.700. The van der Waals surface area contributed by atoms with E-state index in [1.54, 1.807) is 31.2 Å². The number of carbonyl (C=O) groups excluding carboxylic acids is 3. The first kappa shape index (κ1) is 16.5. The smallest absolute Gasteiger partial charge is 0.326 e. The van der Waals surface area contributed by atoms with Gasteiger partial charge in [-0.2, -0.15) is 0 Å². The molecule has 0 aromatic heterocycles. The lowest BCUT2D eigenvalue weighted by molar-refractivity contribution is -0.152. The molecule has 1 atom stereocenters. The molecule has 7 heteroatoms. The summed E-state index contributed by atoms with van der Waals surface area (Å²) in [6.07, 6.45) is -1.04. The van der Waals surface area contributed by atoms with Gasteiger partial charge in [-0.25, -0.2) is 0 Å². The van der Waals surface area contributed by atoms with Crippen LogP contribution in [0.3, 0.4) is 0 Å². The van der Waals surface area contributed by atoms with E-state index in [2.05, 4.69) is 5.32 Å². The molecule has 21 heavy (non-hydrogen) atoms. The SMILES string of the molecule is CCOc1ccccc1C(=O)NCC(=O)O[C@@H](C)C(N)=O. The summed E-state index contributed by atoms with van der Waals surface area (Å²) in [5.74, 6) is -1.54. The van der Waals surface area contributed by atoms with Crippen molar-refractivity contribution in [1.29, 1.82) is 0 Å².